The smallest absolute Gasteiger partial charge is 0.306 e. The van der Waals surface area contributed by atoms with Crippen LogP contribution in [-0.2, 0) is 16.0 Å². The average molecular weight is 204 g/mol. The molecule has 0 amide bonds. The zero-order valence-electron chi connectivity index (χ0n) is 9.03. The van der Waals surface area contributed by atoms with Crippen molar-refractivity contribution in [3.63, 3.8) is 0 Å². The third-order valence-electron chi connectivity index (χ3n) is 2.98. The summed E-state index contributed by atoms with van der Waals surface area (Å²) in [6.07, 6.45) is 2.71. The van der Waals surface area contributed by atoms with Gasteiger partial charge in [0.2, 0.25) is 0 Å². The molecule has 15 heavy (non-hydrogen) atoms. The molecule has 0 saturated heterocycles. The number of ether oxygens (including phenoxy) is 1. The van der Waals surface area contributed by atoms with E-state index >= 15 is 0 Å². The number of esters is 1. The Labute approximate surface area is 90.3 Å². The van der Waals surface area contributed by atoms with E-state index in [1.807, 2.05) is 13.0 Å². The topological polar surface area (TPSA) is 26.3 Å². The maximum absolute atomic E-state index is 11.4. The van der Waals surface area contributed by atoms with Crippen molar-refractivity contribution in [2.45, 2.75) is 32.1 Å². The summed E-state index contributed by atoms with van der Waals surface area (Å²) in [6.45, 7) is 2.33. The minimum Gasteiger partial charge on any atom is -0.466 e. The molecule has 0 aromatic heterocycles. The summed E-state index contributed by atoms with van der Waals surface area (Å²) in [5.41, 5.74) is 2.73. The van der Waals surface area contributed by atoms with Crippen LogP contribution in [0.15, 0.2) is 24.3 Å². The van der Waals surface area contributed by atoms with E-state index in [-0.39, 0.29) is 5.97 Å². The van der Waals surface area contributed by atoms with Crippen LogP contribution in [0, 0.1) is 0 Å². The van der Waals surface area contributed by atoms with Crippen molar-refractivity contribution in [3.05, 3.63) is 35.4 Å². The normalized spacial score (nSPS) is 18.6. The molecule has 1 aliphatic rings. The fourth-order valence-electron chi connectivity index (χ4n) is 2.28. The standard InChI is InChI=1S/C13H16O2/c1-2-15-13(14)9-11-8-7-10-5-3-4-6-12(10)11/h3-6,11H,2,7-9H2,1H3/t11-/m1/s1. The third kappa shape index (κ3) is 2.20. The van der Waals surface area contributed by atoms with Gasteiger partial charge in [-0.15, -0.1) is 0 Å². The first-order valence-electron chi connectivity index (χ1n) is 5.54. The average Bonchev–Trinajstić information content (AvgIpc) is 2.62. The molecule has 2 heteroatoms. The largest absolute Gasteiger partial charge is 0.466 e. The Morgan fingerprint density at radius 2 is 2.27 bits per heavy atom. The summed E-state index contributed by atoms with van der Waals surface area (Å²) in [6, 6.07) is 8.39. The van der Waals surface area contributed by atoms with Gasteiger partial charge in [0.05, 0.1) is 13.0 Å². The lowest BCUT2D eigenvalue weighted by molar-refractivity contribution is -0.143. The van der Waals surface area contributed by atoms with E-state index in [9.17, 15) is 4.79 Å². The number of carbonyl (C=O) groups is 1. The van der Waals surface area contributed by atoms with E-state index < -0.39 is 0 Å². The molecular formula is C13H16O2. The second-order valence-corrected chi connectivity index (χ2v) is 3.94. The van der Waals surface area contributed by atoms with Crippen molar-refractivity contribution < 1.29 is 9.53 Å². The monoisotopic (exact) mass is 204 g/mol. The summed E-state index contributed by atoms with van der Waals surface area (Å²) < 4.78 is 4.98. The highest BCUT2D eigenvalue weighted by Gasteiger charge is 2.24. The van der Waals surface area contributed by atoms with Gasteiger partial charge in [-0.1, -0.05) is 24.3 Å². The van der Waals surface area contributed by atoms with Crippen LogP contribution in [0.2, 0.25) is 0 Å². The highest BCUT2D eigenvalue weighted by Crippen LogP contribution is 2.35. The van der Waals surface area contributed by atoms with Crippen molar-refractivity contribution in [1.82, 2.24) is 0 Å². The van der Waals surface area contributed by atoms with Gasteiger partial charge < -0.3 is 4.74 Å². The predicted molar refractivity (Wildman–Crippen MR) is 58.8 cm³/mol. The first-order valence-corrected chi connectivity index (χ1v) is 5.54. The van der Waals surface area contributed by atoms with Gasteiger partial charge in [-0.25, -0.2) is 0 Å². The lowest BCUT2D eigenvalue weighted by Gasteiger charge is -2.10. The molecule has 1 aromatic carbocycles. The summed E-state index contributed by atoms with van der Waals surface area (Å²) in [5, 5.41) is 0. The Morgan fingerprint density at radius 1 is 1.47 bits per heavy atom. The van der Waals surface area contributed by atoms with Crippen LogP contribution in [0.1, 0.15) is 36.8 Å². The lowest BCUT2D eigenvalue weighted by atomic mass is 9.98. The Hall–Kier alpha value is -1.31. The van der Waals surface area contributed by atoms with Crippen molar-refractivity contribution in [2.24, 2.45) is 0 Å². The molecule has 1 aliphatic carbocycles. The molecule has 0 saturated carbocycles. The zero-order valence-corrected chi connectivity index (χ0v) is 9.03. The summed E-state index contributed by atoms with van der Waals surface area (Å²) >= 11 is 0. The van der Waals surface area contributed by atoms with Crippen LogP contribution in [0.25, 0.3) is 0 Å². The van der Waals surface area contributed by atoms with Gasteiger partial charge in [0.25, 0.3) is 0 Å². The molecule has 1 aromatic rings. The quantitative estimate of drug-likeness (QED) is 0.707. The lowest BCUT2D eigenvalue weighted by Crippen LogP contribution is -2.08. The second kappa shape index (κ2) is 4.47. The first-order chi connectivity index (χ1) is 7.31. The molecule has 0 unspecified atom stereocenters. The predicted octanol–water partition coefficient (Wildman–Crippen LogP) is 2.67. The Kier molecular flexibility index (Phi) is 3.05. The summed E-state index contributed by atoms with van der Waals surface area (Å²) in [5.74, 6) is 0.305. The zero-order chi connectivity index (χ0) is 10.7. The molecule has 0 fully saturated rings. The summed E-state index contributed by atoms with van der Waals surface area (Å²) in [4.78, 5) is 11.4. The molecule has 80 valence electrons. The molecule has 0 heterocycles. The summed E-state index contributed by atoms with van der Waals surface area (Å²) in [7, 11) is 0. The van der Waals surface area contributed by atoms with E-state index in [0.717, 1.165) is 12.8 Å². The highest BCUT2D eigenvalue weighted by atomic mass is 16.5. The van der Waals surface area contributed by atoms with E-state index in [2.05, 4.69) is 18.2 Å². The number of carbonyl (C=O) groups excluding carboxylic acids is 1. The SMILES string of the molecule is CCOC(=O)C[C@H]1CCc2ccccc21. The van der Waals surface area contributed by atoms with E-state index in [1.54, 1.807) is 0 Å². The highest BCUT2D eigenvalue weighted by molar-refractivity contribution is 5.70. The van der Waals surface area contributed by atoms with Crippen molar-refractivity contribution in [3.8, 4) is 0 Å². The van der Waals surface area contributed by atoms with Crippen LogP contribution in [0.5, 0.6) is 0 Å². The fourth-order valence-corrected chi connectivity index (χ4v) is 2.28. The van der Waals surface area contributed by atoms with Gasteiger partial charge in [0.15, 0.2) is 0 Å². The van der Waals surface area contributed by atoms with Gasteiger partial charge >= 0.3 is 5.97 Å². The minimum absolute atomic E-state index is 0.0702. The first kappa shape index (κ1) is 10.2. The Balaban J connectivity index is 2.04. The molecule has 1 atom stereocenters. The van der Waals surface area contributed by atoms with Gasteiger partial charge in [-0.3, -0.25) is 4.79 Å². The van der Waals surface area contributed by atoms with E-state index in [0.29, 0.717) is 18.9 Å². The molecule has 0 N–H and O–H groups in total. The molecular weight excluding hydrogens is 188 g/mol. The van der Waals surface area contributed by atoms with Crippen LogP contribution < -0.4 is 0 Å². The molecule has 0 spiro atoms. The van der Waals surface area contributed by atoms with Crippen LogP contribution in [-0.4, -0.2) is 12.6 Å². The Bertz CT molecular complexity index is 357. The number of rotatable bonds is 3. The van der Waals surface area contributed by atoms with Gasteiger partial charge in [-0.2, -0.15) is 0 Å². The van der Waals surface area contributed by atoms with Crippen LogP contribution in [0.3, 0.4) is 0 Å². The maximum Gasteiger partial charge on any atom is 0.306 e. The van der Waals surface area contributed by atoms with Crippen LogP contribution >= 0.6 is 0 Å². The van der Waals surface area contributed by atoms with E-state index in [1.165, 1.54) is 11.1 Å². The third-order valence-corrected chi connectivity index (χ3v) is 2.98. The molecule has 0 radical (unpaired) electrons. The number of aryl methyl sites for hydroxylation is 1. The van der Waals surface area contributed by atoms with Gasteiger partial charge in [-0.05, 0) is 36.8 Å². The number of hydrogen-bond acceptors (Lipinski definition) is 2. The van der Waals surface area contributed by atoms with Crippen molar-refractivity contribution in [2.75, 3.05) is 6.61 Å². The molecule has 2 rings (SSSR count). The van der Waals surface area contributed by atoms with Crippen LogP contribution in [0.4, 0.5) is 0 Å². The second-order valence-electron chi connectivity index (χ2n) is 3.94. The maximum atomic E-state index is 11.4. The number of fused-ring (bicyclic) bond motifs is 1. The van der Waals surface area contributed by atoms with Crippen molar-refractivity contribution in [1.29, 1.82) is 0 Å². The number of hydrogen-bond donors (Lipinski definition) is 0. The molecule has 2 nitrogen and oxygen atoms in total. The van der Waals surface area contributed by atoms with E-state index in [4.69, 9.17) is 4.74 Å². The minimum atomic E-state index is -0.0702. The number of benzene rings is 1. The van der Waals surface area contributed by atoms with Crippen molar-refractivity contribution >= 4 is 5.97 Å². The van der Waals surface area contributed by atoms with Gasteiger partial charge in [0.1, 0.15) is 0 Å². The fraction of sp³-hybridized carbons (Fsp3) is 0.462. The molecule has 0 bridgehead atoms. The molecule has 0 aliphatic heterocycles. The Morgan fingerprint density at radius 3 is 3.07 bits per heavy atom. The van der Waals surface area contributed by atoms with Gasteiger partial charge in [0, 0.05) is 0 Å².